The Kier molecular flexibility index (Phi) is 4.95. The Morgan fingerprint density at radius 3 is 2.52 bits per heavy atom. The number of aromatic nitrogens is 2. The van der Waals surface area contributed by atoms with E-state index in [4.69, 9.17) is 0 Å². The fraction of sp³-hybridized carbons (Fsp3) is 0.133. The van der Waals surface area contributed by atoms with E-state index < -0.39 is 17.6 Å². The van der Waals surface area contributed by atoms with Crippen molar-refractivity contribution >= 4 is 17.5 Å². The molecule has 2 rings (SSSR count). The molecule has 2 N–H and O–H groups in total. The third-order valence-corrected chi connectivity index (χ3v) is 2.76. The number of nitrogens with zero attached hydrogens (tertiary/aromatic N) is 2. The third-order valence-electron chi connectivity index (χ3n) is 2.76. The Morgan fingerprint density at radius 1 is 1.22 bits per heavy atom. The number of rotatable bonds is 5. The summed E-state index contributed by atoms with van der Waals surface area (Å²) in [5.74, 6) is -0.293. The maximum Gasteiger partial charge on any atom is 0.416 e. The van der Waals surface area contributed by atoms with Crippen LogP contribution in [0, 0.1) is 0 Å². The standard InChI is InChI=1S/C15H13F3N4O/c1-2-8-19-13(23)12-7-9-20-14(22-12)21-11-5-3-10(4-6-11)15(16,17)18/h2-7,9H,1,8H2,(H,19,23)(H,20,21,22). The van der Waals surface area contributed by atoms with E-state index in [1.54, 1.807) is 0 Å². The average molecular weight is 322 g/mol. The summed E-state index contributed by atoms with van der Waals surface area (Å²) in [5.41, 5.74) is -0.237. The molecule has 23 heavy (non-hydrogen) atoms. The third kappa shape index (κ3) is 4.53. The van der Waals surface area contributed by atoms with Gasteiger partial charge in [0.25, 0.3) is 5.91 Å². The number of amides is 1. The van der Waals surface area contributed by atoms with Crippen LogP contribution in [0.15, 0.2) is 49.2 Å². The van der Waals surface area contributed by atoms with E-state index in [9.17, 15) is 18.0 Å². The molecule has 0 aliphatic heterocycles. The van der Waals surface area contributed by atoms with Crippen molar-refractivity contribution in [3.05, 3.63) is 60.4 Å². The number of anilines is 2. The molecule has 1 aromatic heterocycles. The van der Waals surface area contributed by atoms with Crippen LogP contribution in [0.5, 0.6) is 0 Å². The highest BCUT2D eigenvalue weighted by atomic mass is 19.4. The lowest BCUT2D eigenvalue weighted by atomic mass is 10.2. The number of alkyl halides is 3. The first-order valence-electron chi connectivity index (χ1n) is 6.56. The lowest BCUT2D eigenvalue weighted by Crippen LogP contribution is -2.24. The van der Waals surface area contributed by atoms with Crippen molar-refractivity contribution in [1.82, 2.24) is 15.3 Å². The van der Waals surface area contributed by atoms with E-state index in [-0.39, 0.29) is 11.6 Å². The molecule has 0 aliphatic rings. The molecule has 0 unspecified atom stereocenters. The summed E-state index contributed by atoms with van der Waals surface area (Å²) in [6, 6.07) is 5.84. The van der Waals surface area contributed by atoms with Gasteiger partial charge in [0.1, 0.15) is 5.69 Å². The van der Waals surface area contributed by atoms with Crippen molar-refractivity contribution in [2.24, 2.45) is 0 Å². The zero-order chi connectivity index (χ0) is 16.9. The van der Waals surface area contributed by atoms with Crippen LogP contribution in [0.3, 0.4) is 0 Å². The van der Waals surface area contributed by atoms with Gasteiger partial charge in [-0.05, 0) is 30.3 Å². The first-order chi connectivity index (χ1) is 10.9. The highest BCUT2D eigenvalue weighted by molar-refractivity contribution is 5.92. The fourth-order valence-electron chi connectivity index (χ4n) is 1.67. The van der Waals surface area contributed by atoms with Gasteiger partial charge in [0.05, 0.1) is 5.56 Å². The van der Waals surface area contributed by atoms with Gasteiger partial charge in [-0.1, -0.05) is 6.08 Å². The Balaban J connectivity index is 2.11. The molecule has 5 nitrogen and oxygen atoms in total. The Hall–Kier alpha value is -2.90. The topological polar surface area (TPSA) is 66.9 Å². The molecular formula is C15H13F3N4O. The van der Waals surface area contributed by atoms with Crippen molar-refractivity contribution in [2.45, 2.75) is 6.18 Å². The summed E-state index contributed by atoms with van der Waals surface area (Å²) in [6.45, 7) is 3.78. The number of hydrogen-bond donors (Lipinski definition) is 2. The number of carbonyl (C=O) groups is 1. The minimum absolute atomic E-state index is 0.107. The van der Waals surface area contributed by atoms with Crippen molar-refractivity contribution in [3.8, 4) is 0 Å². The molecule has 0 aliphatic carbocycles. The van der Waals surface area contributed by atoms with Gasteiger partial charge in [-0.25, -0.2) is 9.97 Å². The summed E-state index contributed by atoms with van der Waals surface area (Å²) in [7, 11) is 0. The van der Waals surface area contributed by atoms with Crippen molar-refractivity contribution < 1.29 is 18.0 Å². The molecule has 0 atom stereocenters. The van der Waals surface area contributed by atoms with Gasteiger partial charge >= 0.3 is 6.18 Å². The van der Waals surface area contributed by atoms with Gasteiger partial charge in [-0.15, -0.1) is 6.58 Å². The number of benzene rings is 1. The molecule has 0 saturated carbocycles. The van der Waals surface area contributed by atoms with Crippen LogP contribution in [0.2, 0.25) is 0 Å². The van der Waals surface area contributed by atoms with Crippen molar-refractivity contribution in [1.29, 1.82) is 0 Å². The summed E-state index contributed by atoms with van der Waals surface area (Å²) >= 11 is 0. The smallest absolute Gasteiger partial charge is 0.347 e. The molecule has 2 aromatic rings. The fourth-order valence-corrected chi connectivity index (χ4v) is 1.67. The lowest BCUT2D eigenvalue weighted by Gasteiger charge is -2.09. The van der Waals surface area contributed by atoms with E-state index in [0.717, 1.165) is 12.1 Å². The van der Waals surface area contributed by atoms with E-state index in [1.807, 2.05) is 0 Å². The van der Waals surface area contributed by atoms with Gasteiger partial charge in [0.15, 0.2) is 0 Å². The normalized spacial score (nSPS) is 10.9. The summed E-state index contributed by atoms with van der Waals surface area (Å²) in [6.07, 6.45) is -1.49. The monoisotopic (exact) mass is 322 g/mol. The predicted molar refractivity (Wildman–Crippen MR) is 79.3 cm³/mol. The van der Waals surface area contributed by atoms with Crippen LogP contribution >= 0.6 is 0 Å². The molecule has 1 heterocycles. The molecule has 1 aromatic carbocycles. The molecule has 1 amide bonds. The minimum Gasteiger partial charge on any atom is -0.347 e. The molecule has 0 saturated heterocycles. The van der Waals surface area contributed by atoms with E-state index in [1.165, 1.54) is 30.5 Å². The molecule has 0 radical (unpaired) electrons. The van der Waals surface area contributed by atoms with E-state index in [2.05, 4.69) is 27.2 Å². The number of nitrogens with one attached hydrogen (secondary N) is 2. The molecule has 8 heteroatoms. The highest BCUT2D eigenvalue weighted by Gasteiger charge is 2.29. The molecule has 0 spiro atoms. The maximum atomic E-state index is 12.5. The second-order valence-electron chi connectivity index (χ2n) is 4.46. The van der Waals surface area contributed by atoms with Crippen LogP contribution in [0.1, 0.15) is 16.1 Å². The summed E-state index contributed by atoms with van der Waals surface area (Å²) in [4.78, 5) is 19.7. The van der Waals surface area contributed by atoms with Gasteiger partial charge in [-0.2, -0.15) is 13.2 Å². The summed E-state index contributed by atoms with van der Waals surface area (Å²) < 4.78 is 37.5. The molecule has 0 bridgehead atoms. The Bertz CT molecular complexity index is 699. The first kappa shape index (κ1) is 16.5. The van der Waals surface area contributed by atoms with E-state index >= 15 is 0 Å². The maximum absolute atomic E-state index is 12.5. The molecule has 0 fully saturated rings. The van der Waals surface area contributed by atoms with Crippen molar-refractivity contribution in [3.63, 3.8) is 0 Å². The zero-order valence-corrected chi connectivity index (χ0v) is 11.9. The van der Waals surface area contributed by atoms with Gasteiger partial charge in [0.2, 0.25) is 5.95 Å². The van der Waals surface area contributed by atoms with Crippen LogP contribution < -0.4 is 10.6 Å². The average Bonchev–Trinajstić information content (AvgIpc) is 2.52. The second-order valence-corrected chi connectivity index (χ2v) is 4.46. The number of halogens is 3. The van der Waals surface area contributed by atoms with Crippen LogP contribution in [-0.4, -0.2) is 22.4 Å². The first-order valence-corrected chi connectivity index (χ1v) is 6.56. The molecule has 120 valence electrons. The highest BCUT2D eigenvalue weighted by Crippen LogP contribution is 2.30. The molecular weight excluding hydrogens is 309 g/mol. The lowest BCUT2D eigenvalue weighted by molar-refractivity contribution is -0.137. The van der Waals surface area contributed by atoms with E-state index in [0.29, 0.717) is 12.2 Å². The van der Waals surface area contributed by atoms with Crippen LogP contribution in [0.25, 0.3) is 0 Å². The number of carbonyl (C=O) groups excluding carboxylic acids is 1. The quantitative estimate of drug-likeness (QED) is 0.830. The van der Waals surface area contributed by atoms with Gasteiger partial charge < -0.3 is 10.6 Å². The largest absolute Gasteiger partial charge is 0.416 e. The zero-order valence-electron chi connectivity index (χ0n) is 11.9. The predicted octanol–water partition coefficient (Wildman–Crippen LogP) is 3.15. The van der Waals surface area contributed by atoms with Gasteiger partial charge in [0, 0.05) is 18.4 Å². The van der Waals surface area contributed by atoms with Crippen LogP contribution in [0.4, 0.5) is 24.8 Å². The van der Waals surface area contributed by atoms with Gasteiger partial charge in [-0.3, -0.25) is 4.79 Å². The van der Waals surface area contributed by atoms with Crippen LogP contribution in [-0.2, 0) is 6.18 Å². The second kappa shape index (κ2) is 6.91. The SMILES string of the molecule is C=CCNC(=O)c1ccnc(Nc2ccc(C(F)(F)F)cc2)n1. The van der Waals surface area contributed by atoms with Crippen molar-refractivity contribution in [2.75, 3.05) is 11.9 Å². The summed E-state index contributed by atoms with van der Waals surface area (Å²) in [5, 5.41) is 5.31. The Morgan fingerprint density at radius 2 is 1.91 bits per heavy atom. The minimum atomic E-state index is -4.39. The number of hydrogen-bond acceptors (Lipinski definition) is 4. The Labute approximate surface area is 130 Å².